The topological polar surface area (TPSA) is 126 Å². The smallest absolute Gasteiger partial charge is 0.217 e. The van der Waals surface area contributed by atoms with Crippen LogP contribution in [0.25, 0.3) is 16.7 Å². The first kappa shape index (κ1) is 19.0. The van der Waals surface area contributed by atoms with Crippen LogP contribution in [-0.2, 0) is 21.1 Å². The van der Waals surface area contributed by atoms with Gasteiger partial charge in [0.15, 0.2) is 5.82 Å². The van der Waals surface area contributed by atoms with Gasteiger partial charge in [0.25, 0.3) is 0 Å². The molecule has 0 saturated heterocycles. The minimum Gasteiger partial charge on any atom is -0.726 e. The number of aromatic nitrogens is 5. The number of quaternary nitrogens is 1. The van der Waals surface area contributed by atoms with Crippen LogP contribution in [0.15, 0.2) is 31.1 Å². The molecule has 3 aromatic rings. The molecule has 10 nitrogen and oxygen atoms in total. The fraction of sp³-hybridized carbons (Fsp3) is 0.357. The summed E-state index contributed by atoms with van der Waals surface area (Å²) in [6.45, 7) is 0.959. The summed E-state index contributed by atoms with van der Waals surface area (Å²) in [5, 5.41) is 5.30. The maximum atomic E-state index is 9.22. The number of fused-ring (bicyclic) bond motifs is 1. The summed E-state index contributed by atoms with van der Waals surface area (Å²) in [7, 11) is 2.93. The van der Waals surface area contributed by atoms with Gasteiger partial charge < -0.3 is 14.0 Å². The Labute approximate surface area is 145 Å². The number of rotatable bonds is 4. The second-order valence-corrected chi connectivity index (χ2v) is 7.42. The molecule has 0 unspecified atom stereocenters. The highest BCUT2D eigenvalue weighted by Gasteiger charge is 2.14. The number of nitrogens with one attached hydrogen (secondary N) is 1. The van der Waals surface area contributed by atoms with Crippen LogP contribution in [0, 0.1) is 0 Å². The van der Waals surface area contributed by atoms with Crippen molar-refractivity contribution in [1.29, 1.82) is 0 Å². The summed E-state index contributed by atoms with van der Waals surface area (Å²) >= 11 is 0. The summed E-state index contributed by atoms with van der Waals surface area (Å²) in [5.41, 5.74) is 2.33. The van der Waals surface area contributed by atoms with Crippen LogP contribution in [0.3, 0.4) is 0 Å². The van der Waals surface area contributed by atoms with E-state index in [1.54, 1.807) is 11.0 Å². The van der Waals surface area contributed by atoms with Crippen molar-refractivity contribution in [3.63, 3.8) is 0 Å². The third-order valence-electron chi connectivity index (χ3n) is 3.14. The normalized spacial score (nSPS) is 12.0. The first-order valence-electron chi connectivity index (χ1n) is 7.22. The van der Waals surface area contributed by atoms with Gasteiger partial charge in [-0.1, -0.05) is 0 Å². The van der Waals surface area contributed by atoms with E-state index >= 15 is 0 Å². The molecule has 25 heavy (non-hydrogen) atoms. The molecule has 1 N–H and O–H groups in total. The minimum absolute atomic E-state index is 0.784. The van der Waals surface area contributed by atoms with E-state index in [1.807, 2.05) is 12.3 Å². The molecular weight excluding hydrogens is 348 g/mol. The summed E-state index contributed by atoms with van der Waals surface area (Å²) in [6, 6.07) is 2.05. The zero-order chi connectivity index (χ0) is 18.7. The quantitative estimate of drug-likeness (QED) is 0.402. The zero-order valence-corrected chi connectivity index (χ0v) is 15.2. The van der Waals surface area contributed by atoms with Gasteiger partial charge in [-0.15, -0.1) is 0 Å². The third-order valence-corrected chi connectivity index (χ3v) is 3.55. The van der Waals surface area contributed by atoms with E-state index in [4.69, 9.17) is 0 Å². The third kappa shape index (κ3) is 5.60. The monoisotopic (exact) mass is 368 g/mol. The predicted molar refractivity (Wildman–Crippen MR) is 89.5 cm³/mol. The Morgan fingerprint density at radius 1 is 1.36 bits per heavy atom. The largest absolute Gasteiger partial charge is 0.726 e. The van der Waals surface area contributed by atoms with Crippen molar-refractivity contribution < 1.29 is 21.6 Å². The second-order valence-electron chi connectivity index (χ2n) is 6.27. The number of pyridine rings is 1. The fourth-order valence-corrected chi connectivity index (χ4v) is 2.16. The molecule has 0 atom stereocenters. The van der Waals surface area contributed by atoms with Crippen molar-refractivity contribution in [1.82, 2.24) is 24.7 Å². The highest BCUT2D eigenvalue weighted by molar-refractivity contribution is 7.80. The Hall–Kier alpha value is -2.34. The minimum atomic E-state index is -4.41. The second kappa shape index (κ2) is 7.27. The summed E-state index contributed by atoms with van der Waals surface area (Å²) in [6.07, 6.45) is 7.06. The van der Waals surface area contributed by atoms with E-state index in [9.17, 15) is 13.0 Å². The van der Waals surface area contributed by atoms with Gasteiger partial charge in [0, 0.05) is 17.1 Å². The van der Waals surface area contributed by atoms with Crippen LogP contribution >= 0.6 is 0 Å². The van der Waals surface area contributed by atoms with Crippen LogP contribution in [0.1, 0.15) is 5.56 Å². The van der Waals surface area contributed by atoms with Gasteiger partial charge in [0.2, 0.25) is 10.4 Å². The molecule has 0 spiro atoms. The molecule has 0 aliphatic heterocycles. The highest BCUT2D eigenvalue weighted by atomic mass is 32.3. The summed E-state index contributed by atoms with van der Waals surface area (Å²) in [4.78, 5) is 11.6. The van der Waals surface area contributed by atoms with E-state index < -0.39 is 10.4 Å². The lowest BCUT2D eigenvalue weighted by molar-refractivity contribution is -0.883. The van der Waals surface area contributed by atoms with Crippen LogP contribution in [0.5, 0.6) is 0 Å². The Morgan fingerprint density at radius 3 is 2.56 bits per heavy atom. The predicted octanol–water partition coefficient (Wildman–Crippen LogP) is 0.443. The highest BCUT2D eigenvalue weighted by Crippen LogP contribution is 2.21. The molecule has 3 rings (SSSR count). The average molecular weight is 368 g/mol. The van der Waals surface area contributed by atoms with Crippen molar-refractivity contribution in [2.45, 2.75) is 6.54 Å². The Balaban J connectivity index is 0.000000326. The molecule has 0 aliphatic carbocycles. The van der Waals surface area contributed by atoms with Crippen molar-refractivity contribution in [3.05, 3.63) is 36.7 Å². The number of H-pyrrole nitrogens is 1. The van der Waals surface area contributed by atoms with Gasteiger partial charge in [0.1, 0.15) is 19.2 Å². The molecular formula is C14H20N6O4S. The number of aromatic amines is 1. The van der Waals surface area contributed by atoms with Crippen molar-refractivity contribution in [2.24, 2.45) is 0 Å². The molecule has 0 saturated carbocycles. The lowest BCUT2D eigenvalue weighted by Crippen LogP contribution is -2.33. The first-order chi connectivity index (χ1) is 11.6. The summed E-state index contributed by atoms with van der Waals surface area (Å²) in [5.74, 6) is 0.784. The van der Waals surface area contributed by atoms with Gasteiger partial charge >= 0.3 is 0 Å². The van der Waals surface area contributed by atoms with Crippen molar-refractivity contribution in [2.75, 3.05) is 28.3 Å². The Bertz CT molecular complexity index is 928. The number of hydrogen-bond donors (Lipinski definition) is 1. The molecule has 0 bridgehead atoms. The van der Waals surface area contributed by atoms with E-state index in [2.05, 4.69) is 51.6 Å². The van der Waals surface area contributed by atoms with Crippen molar-refractivity contribution in [3.8, 4) is 5.82 Å². The molecule has 0 aliphatic rings. The lowest BCUT2D eigenvalue weighted by atomic mass is 10.2. The number of nitrogens with zero attached hydrogens (tertiary/aromatic N) is 5. The van der Waals surface area contributed by atoms with E-state index in [1.165, 1.54) is 17.3 Å². The van der Waals surface area contributed by atoms with Crippen LogP contribution in [0.2, 0.25) is 0 Å². The molecule has 0 aromatic carbocycles. The van der Waals surface area contributed by atoms with Crippen LogP contribution in [0.4, 0.5) is 0 Å². The molecule has 0 radical (unpaired) electrons. The number of hydrogen-bond acceptors (Lipinski definition) is 7. The van der Waals surface area contributed by atoms with E-state index in [-0.39, 0.29) is 0 Å². The average Bonchev–Trinajstić information content (AvgIpc) is 3.16. The van der Waals surface area contributed by atoms with E-state index in [0.29, 0.717) is 0 Å². The van der Waals surface area contributed by atoms with Gasteiger partial charge in [-0.2, -0.15) is 5.10 Å². The lowest BCUT2D eigenvalue weighted by Gasteiger charge is -2.23. The molecule has 3 heterocycles. The molecule has 136 valence electrons. The Kier molecular flexibility index (Phi) is 5.52. The summed E-state index contributed by atoms with van der Waals surface area (Å²) < 4.78 is 33.6. The zero-order valence-electron chi connectivity index (χ0n) is 14.4. The van der Waals surface area contributed by atoms with Gasteiger partial charge in [-0.25, -0.2) is 23.1 Å². The van der Waals surface area contributed by atoms with Gasteiger partial charge in [-0.05, 0) is 6.07 Å². The van der Waals surface area contributed by atoms with E-state index in [0.717, 1.165) is 29.5 Å². The molecule has 3 aromatic heterocycles. The van der Waals surface area contributed by atoms with Gasteiger partial charge in [0.05, 0.1) is 40.0 Å². The molecule has 0 fully saturated rings. The maximum Gasteiger partial charge on any atom is 0.217 e. The molecule has 0 amide bonds. The van der Waals surface area contributed by atoms with Crippen LogP contribution in [-0.4, -0.2) is 70.4 Å². The van der Waals surface area contributed by atoms with Gasteiger partial charge in [-0.3, -0.25) is 4.18 Å². The first-order valence-corrected chi connectivity index (χ1v) is 8.55. The molecule has 11 heteroatoms. The maximum absolute atomic E-state index is 9.22. The fourth-order valence-electron chi connectivity index (χ4n) is 2.16. The van der Waals surface area contributed by atoms with Crippen LogP contribution < -0.4 is 0 Å². The standard InChI is InChI=1S/C13H17N6.CH4O4S/c1-19(2,3)7-10-5-15-12-6-16-13(4-11(10)12)18-9-14-8-17-18;1-5-6(2,3)4/h4-6,8-9,15H,7H2,1-3H3;1H3,(H,2,3,4)/q+1;/p-1. The van der Waals surface area contributed by atoms with Crippen molar-refractivity contribution >= 4 is 21.3 Å². The Morgan fingerprint density at radius 2 is 2.04 bits per heavy atom. The SMILES string of the molecule is COS(=O)(=O)[O-].C[N+](C)(C)Cc1c[nH]c2cnc(-n3cncn3)cc12.